The number of nitrogens with zero attached hydrogens (tertiary/aromatic N) is 2. The average Bonchev–Trinajstić information content (AvgIpc) is 2.76. The molecule has 0 aliphatic carbocycles. The summed E-state index contributed by atoms with van der Waals surface area (Å²) in [7, 11) is 0. The summed E-state index contributed by atoms with van der Waals surface area (Å²) in [5, 5.41) is 24.2. The minimum Gasteiger partial charge on any atom is -0.394 e. The molecule has 0 spiro atoms. The first kappa shape index (κ1) is 19.7. The molecule has 3 N–H and O–H groups in total. The monoisotopic (exact) mass is 407 g/mol. The van der Waals surface area contributed by atoms with Crippen LogP contribution in [-0.2, 0) is 0 Å². The molecule has 0 bridgehead atoms. The summed E-state index contributed by atoms with van der Waals surface area (Å²) < 4.78 is 13.0. The van der Waals surface area contributed by atoms with Gasteiger partial charge in [0.1, 0.15) is 5.82 Å². The predicted octanol–water partition coefficient (Wildman–Crippen LogP) is 2.37. The highest BCUT2D eigenvalue weighted by atomic mass is 19.1. The third kappa shape index (κ3) is 3.32. The van der Waals surface area contributed by atoms with E-state index in [1.54, 1.807) is 42.5 Å². The fraction of sp³-hybridized carbons (Fsp3) is 0.136. The number of hydrogen-bond acceptors (Lipinski definition) is 6. The predicted molar refractivity (Wildman–Crippen MR) is 110 cm³/mol. The maximum atomic E-state index is 13.0. The Kier molecular flexibility index (Phi) is 5.26. The van der Waals surface area contributed by atoms with Crippen molar-refractivity contribution in [2.24, 2.45) is 5.10 Å². The van der Waals surface area contributed by atoms with E-state index in [2.05, 4.69) is 10.5 Å². The largest absolute Gasteiger partial charge is 0.394 e. The molecule has 0 radical (unpaired) electrons. The Balaban J connectivity index is 1.72. The van der Waals surface area contributed by atoms with Gasteiger partial charge in [-0.15, -0.1) is 0 Å². The number of halogens is 1. The van der Waals surface area contributed by atoms with E-state index in [9.17, 15) is 24.2 Å². The van der Waals surface area contributed by atoms with E-state index in [1.807, 2.05) is 0 Å². The van der Waals surface area contributed by atoms with Crippen molar-refractivity contribution in [1.82, 2.24) is 4.90 Å². The molecule has 0 saturated heterocycles. The lowest BCUT2D eigenvalue weighted by Gasteiger charge is -2.32. The molecule has 1 aliphatic heterocycles. The van der Waals surface area contributed by atoms with Gasteiger partial charge in [0.15, 0.2) is 0 Å². The van der Waals surface area contributed by atoms with Crippen LogP contribution in [0.3, 0.4) is 0 Å². The van der Waals surface area contributed by atoms with Crippen molar-refractivity contribution in [2.75, 3.05) is 18.6 Å². The fourth-order valence-corrected chi connectivity index (χ4v) is 3.49. The van der Waals surface area contributed by atoms with Crippen LogP contribution in [0, 0.1) is 5.82 Å². The Bertz CT molecular complexity index is 1130. The quantitative estimate of drug-likeness (QED) is 0.331. The molecule has 8 heteroatoms. The smallest absolute Gasteiger partial charge is 0.261 e. The summed E-state index contributed by atoms with van der Waals surface area (Å²) in [4.78, 5) is 26.7. The van der Waals surface area contributed by atoms with E-state index in [-0.39, 0.29) is 5.82 Å². The Morgan fingerprint density at radius 2 is 1.63 bits per heavy atom. The molecule has 152 valence electrons. The number of aliphatic hydroxyl groups excluding tert-OH is 2. The number of carbonyl (C=O) groups is 2. The first-order valence-corrected chi connectivity index (χ1v) is 9.25. The van der Waals surface area contributed by atoms with Gasteiger partial charge < -0.3 is 10.2 Å². The molecule has 3 aromatic rings. The Labute approximate surface area is 171 Å². The van der Waals surface area contributed by atoms with Crippen molar-refractivity contribution in [3.05, 3.63) is 77.1 Å². The lowest BCUT2D eigenvalue weighted by molar-refractivity contribution is 0.0375. The van der Waals surface area contributed by atoms with Crippen molar-refractivity contribution < 1.29 is 24.2 Å². The molecule has 0 saturated carbocycles. The number of carbonyl (C=O) groups excluding carboxylic acids is 2. The molecule has 0 atom stereocenters. The van der Waals surface area contributed by atoms with Gasteiger partial charge >= 0.3 is 0 Å². The number of imide groups is 1. The molecule has 0 aromatic heterocycles. The van der Waals surface area contributed by atoms with Crippen molar-refractivity contribution in [3.8, 4) is 0 Å². The summed E-state index contributed by atoms with van der Waals surface area (Å²) in [5.41, 5.74) is 4.80. The molecule has 0 fully saturated rings. The third-order valence-electron chi connectivity index (χ3n) is 4.99. The standard InChI is InChI=1S/C22H18FN3O4/c23-14-6-4-13(5-7-14)10-24-25-19-9-8-18-20-16(19)2-1-3-17(20)21(29)26(22(18)30)15(11-27)12-28/h1-10,15,25,27-28H,11-12H2/b24-10+. The SMILES string of the molecule is O=C1c2cccc3c(N/N=C/c4ccc(F)cc4)ccc(c23)C(=O)N1C(CO)CO. The summed E-state index contributed by atoms with van der Waals surface area (Å²) >= 11 is 0. The zero-order valence-electron chi connectivity index (χ0n) is 15.7. The van der Waals surface area contributed by atoms with E-state index >= 15 is 0 Å². The van der Waals surface area contributed by atoms with Crippen molar-refractivity contribution >= 4 is 34.5 Å². The third-order valence-corrected chi connectivity index (χ3v) is 4.99. The zero-order valence-corrected chi connectivity index (χ0v) is 15.7. The highest BCUT2D eigenvalue weighted by molar-refractivity contribution is 6.26. The Morgan fingerprint density at radius 1 is 0.967 bits per heavy atom. The van der Waals surface area contributed by atoms with Gasteiger partial charge in [-0.2, -0.15) is 5.10 Å². The molecule has 1 heterocycles. The van der Waals surface area contributed by atoms with Gasteiger partial charge in [-0.3, -0.25) is 19.9 Å². The molecule has 0 unspecified atom stereocenters. The topological polar surface area (TPSA) is 102 Å². The molecule has 7 nitrogen and oxygen atoms in total. The number of rotatable bonds is 6. The zero-order chi connectivity index (χ0) is 21.3. The first-order valence-electron chi connectivity index (χ1n) is 9.25. The molecule has 1 aliphatic rings. The van der Waals surface area contributed by atoms with Crippen LogP contribution in [0.5, 0.6) is 0 Å². The number of aliphatic hydroxyl groups is 2. The highest BCUT2D eigenvalue weighted by Gasteiger charge is 2.37. The minimum absolute atomic E-state index is 0.306. The minimum atomic E-state index is -1.01. The highest BCUT2D eigenvalue weighted by Crippen LogP contribution is 2.35. The van der Waals surface area contributed by atoms with Gasteiger partial charge in [0.25, 0.3) is 11.8 Å². The van der Waals surface area contributed by atoms with Crippen LogP contribution in [0.1, 0.15) is 26.3 Å². The van der Waals surface area contributed by atoms with Crippen LogP contribution >= 0.6 is 0 Å². The fourth-order valence-electron chi connectivity index (χ4n) is 3.49. The molecular weight excluding hydrogens is 389 g/mol. The Hall–Kier alpha value is -3.62. The average molecular weight is 407 g/mol. The Morgan fingerprint density at radius 3 is 2.30 bits per heavy atom. The van der Waals surface area contributed by atoms with Crippen molar-refractivity contribution in [1.29, 1.82) is 0 Å². The normalized spacial score (nSPS) is 13.7. The van der Waals surface area contributed by atoms with Crippen LogP contribution in [0.4, 0.5) is 10.1 Å². The number of anilines is 1. The summed E-state index contributed by atoms with van der Waals surface area (Å²) in [6.45, 7) is -1.06. The number of nitrogens with one attached hydrogen (secondary N) is 1. The molecule has 3 aromatic carbocycles. The van der Waals surface area contributed by atoms with Gasteiger partial charge in [-0.1, -0.05) is 24.3 Å². The second-order valence-corrected chi connectivity index (χ2v) is 6.81. The van der Waals surface area contributed by atoms with Crippen LogP contribution in [0.2, 0.25) is 0 Å². The van der Waals surface area contributed by atoms with Crippen LogP contribution < -0.4 is 5.43 Å². The van der Waals surface area contributed by atoms with E-state index in [1.165, 1.54) is 18.3 Å². The van der Waals surface area contributed by atoms with Crippen molar-refractivity contribution in [3.63, 3.8) is 0 Å². The van der Waals surface area contributed by atoms with Crippen LogP contribution in [-0.4, -0.2) is 52.4 Å². The number of hydrazone groups is 1. The summed E-state index contributed by atoms with van der Waals surface area (Å²) in [6, 6.07) is 13.1. The van der Waals surface area contributed by atoms with E-state index in [0.717, 1.165) is 4.90 Å². The van der Waals surface area contributed by atoms with Gasteiger partial charge in [0.05, 0.1) is 31.2 Å². The van der Waals surface area contributed by atoms with Crippen molar-refractivity contribution in [2.45, 2.75) is 6.04 Å². The van der Waals surface area contributed by atoms with E-state index in [0.29, 0.717) is 33.2 Å². The molecular formula is C22H18FN3O4. The molecule has 4 rings (SSSR count). The van der Waals surface area contributed by atoms with Gasteiger partial charge in [-0.25, -0.2) is 4.39 Å². The summed E-state index contributed by atoms with van der Waals surface area (Å²) in [5.74, 6) is -1.48. The number of amides is 2. The number of hydrogen-bond donors (Lipinski definition) is 3. The van der Waals surface area contributed by atoms with E-state index < -0.39 is 31.1 Å². The second-order valence-electron chi connectivity index (χ2n) is 6.81. The lowest BCUT2D eigenvalue weighted by atomic mass is 9.92. The van der Waals surface area contributed by atoms with Gasteiger partial charge in [0.2, 0.25) is 0 Å². The molecule has 2 amide bonds. The van der Waals surface area contributed by atoms with Gasteiger partial charge in [0, 0.05) is 21.9 Å². The maximum absolute atomic E-state index is 13.0. The number of benzene rings is 3. The van der Waals surface area contributed by atoms with Gasteiger partial charge in [-0.05, 0) is 35.9 Å². The van der Waals surface area contributed by atoms with E-state index in [4.69, 9.17) is 0 Å². The summed E-state index contributed by atoms with van der Waals surface area (Å²) in [6.07, 6.45) is 1.53. The second kappa shape index (κ2) is 8.02. The lowest BCUT2D eigenvalue weighted by Crippen LogP contribution is -2.50. The first-order chi connectivity index (χ1) is 14.5. The molecule has 30 heavy (non-hydrogen) atoms. The van der Waals surface area contributed by atoms with Crippen LogP contribution in [0.15, 0.2) is 59.7 Å². The maximum Gasteiger partial charge on any atom is 0.261 e. The van der Waals surface area contributed by atoms with Crippen LogP contribution in [0.25, 0.3) is 10.8 Å².